The molecular formula is C32H31N2O6S-. The fourth-order valence-electron chi connectivity index (χ4n) is 4.61. The number of anilines is 1. The van der Waals surface area contributed by atoms with Crippen LogP contribution >= 0.6 is 0 Å². The monoisotopic (exact) mass is 571 g/mol. The lowest BCUT2D eigenvalue weighted by Crippen LogP contribution is -2.33. The summed E-state index contributed by atoms with van der Waals surface area (Å²) in [4.78, 5) is 39.2. The molecule has 0 radical (unpaired) electrons. The third-order valence-corrected chi connectivity index (χ3v) is 7.44. The van der Waals surface area contributed by atoms with Crippen molar-refractivity contribution in [1.29, 1.82) is 0 Å². The number of amides is 1. The highest BCUT2D eigenvalue weighted by Gasteiger charge is 2.23. The highest BCUT2D eigenvalue weighted by atomic mass is 32.2. The molecule has 0 aliphatic carbocycles. The van der Waals surface area contributed by atoms with Crippen molar-refractivity contribution in [3.63, 3.8) is 0 Å². The number of carbonyl (C=O) groups excluding carboxylic acids is 2. The third-order valence-electron chi connectivity index (χ3n) is 6.76. The molecule has 8 nitrogen and oxygen atoms in total. The minimum Gasteiger partial charge on any atom is -0.755 e. The Morgan fingerprint density at radius 1 is 0.976 bits per heavy atom. The van der Waals surface area contributed by atoms with Crippen LogP contribution in [-0.4, -0.2) is 32.3 Å². The topological polar surface area (TPSA) is 109 Å². The molecule has 0 aliphatic rings. The highest BCUT2D eigenvalue weighted by molar-refractivity contribution is 7.81. The average Bonchev–Trinajstić information content (AvgIpc) is 2.98. The summed E-state index contributed by atoms with van der Waals surface area (Å²) in [6.45, 7) is 4.03. The van der Waals surface area contributed by atoms with Gasteiger partial charge in [0.25, 0.3) is 11.5 Å². The van der Waals surface area contributed by atoms with E-state index < -0.39 is 23.1 Å². The minimum absolute atomic E-state index is 0.125. The van der Waals surface area contributed by atoms with Crippen LogP contribution in [0.25, 0.3) is 11.1 Å². The molecule has 0 N–H and O–H groups in total. The second-order valence-corrected chi connectivity index (χ2v) is 10.5. The largest absolute Gasteiger partial charge is 0.755 e. The summed E-state index contributed by atoms with van der Waals surface area (Å²) < 4.78 is 31.8. The van der Waals surface area contributed by atoms with Crippen LogP contribution in [0, 0.1) is 6.92 Å². The predicted molar refractivity (Wildman–Crippen MR) is 159 cm³/mol. The molecule has 41 heavy (non-hydrogen) atoms. The molecule has 1 unspecified atom stereocenters. The first-order valence-electron chi connectivity index (χ1n) is 13.2. The number of carbonyl (C=O) groups is 2. The van der Waals surface area contributed by atoms with E-state index >= 15 is 0 Å². The number of aryl methyl sites for hydroxylation is 2. The standard InChI is InChI=1S/C32H32N2O6S/c1-4-5-11-27-19-25(32(37)40-3)20-30(35)33(27)21-23-14-17-28(24-9-7-6-8-10-24)29(18-23)31(36)34(41(38)39)26-15-12-22(2)13-16-26/h6-10,12-20H,4-5,11,21H2,1-3H3,(H,38,39)/p-1. The van der Waals surface area contributed by atoms with Crippen molar-refractivity contribution in [3.05, 3.63) is 123 Å². The molecule has 0 fully saturated rings. The number of ether oxygens (including phenoxy) is 1. The predicted octanol–water partition coefficient (Wildman–Crippen LogP) is 5.44. The van der Waals surface area contributed by atoms with E-state index in [-0.39, 0.29) is 28.9 Å². The molecule has 1 atom stereocenters. The van der Waals surface area contributed by atoms with Gasteiger partial charge in [-0.3, -0.25) is 13.8 Å². The smallest absolute Gasteiger partial charge is 0.338 e. The lowest BCUT2D eigenvalue weighted by Gasteiger charge is -2.26. The Hall–Kier alpha value is -4.34. The SMILES string of the molecule is CCCCc1cc(C(=O)OC)cc(=O)n1Cc1ccc(-c2ccccc2)c(C(=O)N(c2ccc(C)cc2)S(=O)[O-])c1. The summed E-state index contributed by atoms with van der Waals surface area (Å²) in [5, 5.41) is 0. The van der Waals surface area contributed by atoms with Crippen molar-refractivity contribution >= 4 is 28.8 Å². The van der Waals surface area contributed by atoms with Crippen molar-refractivity contribution in [2.24, 2.45) is 0 Å². The Morgan fingerprint density at radius 2 is 1.68 bits per heavy atom. The number of benzene rings is 3. The van der Waals surface area contributed by atoms with Crippen LogP contribution in [0.2, 0.25) is 0 Å². The molecule has 9 heteroatoms. The van der Waals surface area contributed by atoms with Gasteiger partial charge in [0, 0.05) is 17.3 Å². The Labute approximate surface area is 241 Å². The van der Waals surface area contributed by atoms with Gasteiger partial charge in [0.15, 0.2) is 0 Å². The summed E-state index contributed by atoms with van der Waals surface area (Å²) >= 11 is -2.89. The van der Waals surface area contributed by atoms with E-state index in [9.17, 15) is 23.1 Å². The first-order chi connectivity index (χ1) is 19.7. The number of nitrogens with zero attached hydrogens (tertiary/aromatic N) is 2. The van der Waals surface area contributed by atoms with E-state index in [0.29, 0.717) is 23.2 Å². The zero-order valence-electron chi connectivity index (χ0n) is 23.2. The molecule has 0 spiro atoms. The van der Waals surface area contributed by atoms with Gasteiger partial charge in [-0.2, -0.15) is 0 Å². The van der Waals surface area contributed by atoms with Gasteiger partial charge in [0.1, 0.15) is 0 Å². The van der Waals surface area contributed by atoms with Gasteiger partial charge in [0.05, 0.1) is 36.2 Å². The Morgan fingerprint density at radius 3 is 2.32 bits per heavy atom. The maximum absolute atomic E-state index is 13.9. The quantitative estimate of drug-likeness (QED) is 0.185. The second-order valence-electron chi connectivity index (χ2n) is 9.65. The summed E-state index contributed by atoms with van der Waals surface area (Å²) in [5.41, 5.74) is 3.71. The first kappa shape index (κ1) is 29.6. The molecule has 4 rings (SSSR count). The Balaban J connectivity index is 1.83. The fourth-order valence-corrected chi connectivity index (χ4v) is 5.14. The van der Waals surface area contributed by atoms with Crippen LogP contribution in [0.3, 0.4) is 0 Å². The van der Waals surface area contributed by atoms with Crippen LogP contribution in [0.4, 0.5) is 5.69 Å². The highest BCUT2D eigenvalue weighted by Crippen LogP contribution is 2.29. The summed E-state index contributed by atoms with van der Waals surface area (Å²) in [7, 11) is 1.27. The number of hydrogen-bond acceptors (Lipinski definition) is 6. The molecule has 0 aliphatic heterocycles. The van der Waals surface area contributed by atoms with E-state index in [2.05, 4.69) is 0 Å². The Bertz CT molecular complexity index is 1630. The molecule has 0 saturated heterocycles. The molecule has 1 heterocycles. The number of unbranched alkanes of at least 4 members (excludes halogenated alkanes) is 1. The van der Waals surface area contributed by atoms with E-state index in [4.69, 9.17) is 4.74 Å². The number of esters is 1. The van der Waals surface area contributed by atoms with Crippen LogP contribution in [0.15, 0.2) is 89.7 Å². The number of aromatic nitrogens is 1. The molecular weight excluding hydrogens is 540 g/mol. The van der Waals surface area contributed by atoms with Crippen molar-refractivity contribution < 1.29 is 23.1 Å². The maximum Gasteiger partial charge on any atom is 0.338 e. The lowest BCUT2D eigenvalue weighted by atomic mass is 9.96. The second kappa shape index (κ2) is 13.3. The van der Waals surface area contributed by atoms with Gasteiger partial charge < -0.3 is 13.9 Å². The van der Waals surface area contributed by atoms with Crippen molar-refractivity contribution in [1.82, 2.24) is 4.57 Å². The van der Waals surface area contributed by atoms with Crippen LogP contribution in [-0.2, 0) is 29.0 Å². The van der Waals surface area contributed by atoms with Crippen LogP contribution in [0.5, 0.6) is 0 Å². The van der Waals surface area contributed by atoms with Gasteiger partial charge in [0.2, 0.25) is 0 Å². The Kier molecular flexibility index (Phi) is 9.65. The summed E-state index contributed by atoms with van der Waals surface area (Å²) in [6.07, 6.45) is 2.27. The van der Waals surface area contributed by atoms with Crippen molar-refractivity contribution in [3.8, 4) is 11.1 Å². The van der Waals surface area contributed by atoms with Gasteiger partial charge in [-0.05, 0) is 60.7 Å². The van der Waals surface area contributed by atoms with E-state index in [1.807, 2.05) is 50.2 Å². The van der Waals surface area contributed by atoms with Gasteiger partial charge in [-0.1, -0.05) is 73.5 Å². The van der Waals surface area contributed by atoms with E-state index in [0.717, 1.165) is 28.3 Å². The van der Waals surface area contributed by atoms with Gasteiger partial charge in [-0.15, -0.1) is 0 Å². The lowest BCUT2D eigenvalue weighted by molar-refractivity contribution is 0.0600. The molecule has 212 valence electrons. The van der Waals surface area contributed by atoms with Crippen LogP contribution < -0.4 is 9.86 Å². The molecule has 4 aromatic rings. The molecule has 0 bridgehead atoms. The number of hydrogen-bond donors (Lipinski definition) is 0. The van der Waals surface area contributed by atoms with Crippen molar-refractivity contribution in [2.75, 3.05) is 11.4 Å². The zero-order valence-corrected chi connectivity index (χ0v) is 24.0. The average molecular weight is 572 g/mol. The fraction of sp³-hybridized carbons (Fsp3) is 0.219. The summed E-state index contributed by atoms with van der Waals surface area (Å²) in [6, 6.07) is 23.9. The van der Waals surface area contributed by atoms with Crippen LogP contribution in [0.1, 0.15) is 57.3 Å². The number of pyridine rings is 1. The van der Waals surface area contributed by atoms with Gasteiger partial charge in [-0.25, -0.2) is 9.10 Å². The van der Waals surface area contributed by atoms with Gasteiger partial charge >= 0.3 is 5.97 Å². The zero-order chi connectivity index (χ0) is 29.5. The number of rotatable bonds is 10. The molecule has 3 aromatic carbocycles. The molecule has 0 saturated carbocycles. The minimum atomic E-state index is -2.89. The third kappa shape index (κ3) is 6.87. The number of methoxy groups -OCH3 is 1. The summed E-state index contributed by atoms with van der Waals surface area (Å²) in [5.74, 6) is -1.31. The van der Waals surface area contributed by atoms with Crippen molar-refractivity contribution in [2.45, 2.75) is 39.7 Å². The maximum atomic E-state index is 13.9. The normalized spacial score (nSPS) is 11.6. The first-order valence-corrected chi connectivity index (χ1v) is 14.3. The van der Waals surface area contributed by atoms with E-state index in [1.165, 1.54) is 13.2 Å². The van der Waals surface area contributed by atoms with E-state index in [1.54, 1.807) is 47.0 Å². The molecule has 1 amide bonds. The molecule has 1 aromatic heterocycles.